The molecule has 0 saturated carbocycles. The van der Waals surface area contributed by atoms with E-state index < -0.39 is 11.7 Å². The van der Waals surface area contributed by atoms with Gasteiger partial charge in [0, 0.05) is 43.4 Å². The van der Waals surface area contributed by atoms with E-state index in [1.807, 2.05) is 24.3 Å². The summed E-state index contributed by atoms with van der Waals surface area (Å²) in [6, 6.07) is 13.2. The molecular formula is C18H18ClF3N2. The van der Waals surface area contributed by atoms with Gasteiger partial charge in [0.2, 0.25) is 0 Å². The van der Waals surface area contributed by atoms with Crippen LogP contribution in [-0.2, 0) is 12.7 Å². The summed E-state index contributed by atoms with van der Waals surface area (Å²) in [6.07, 6.45) is -4.28. The lowest BCUT2D eigenvalue weighted by molar-refractivity contribution is -0.137. The molecule has 2 aromatic carbocycles. The fourth-order valence-corrected chi connectivity index (χ4v) is 3.13. The van der Waals surface area contributed by atoms with Crippen molar-refractivity contribution in [1.82, 2.24) is 4.90 Å². The lowest BCUT2D eigenvalue weighted by atomic mass is 10.1. The molecule has 0 radical (unpaired) electrons. The molecule has 0 aliphatic carbocycles. The largest absolute Gasteiger partial charge is 0.416 e. The zero-order valence-electron chi connectivity index (χ0n) is 13.1. The summed E-state index contributed by atoms with van der Waals surface area (Å²) in [4.78, 5) is 4.45. The van der Waals surface area contributed by atoms with Crippen molar-refractivity contribution in [1.29, 1.82) is 0 Å². The number of anilines is 1. The quantitative estimate of drug-likeness (QED) is 0.789. The Morgan fingerprint density at radius 3 is 2.17 bits per heavy atom. The molecule has 0 bridgehead atoms. The molecule has 0 unspecified atom stereocenters. The number of hydrogen-bond donors (Lipinski definition) is 0. The van der Waals surface area contributed by atoms with Crippen LogP contribution in [0.15, 0.2) is 48.5 Å². The van der Waals surface area contributed by atoms with Gasteiger partial charge in [-0.25, -0.2) is 0 Å². The second kappa shape index (κ2) is 7.03. The van der Waals surface area contributed by atoms with Crippen molar-refractivity contribution in [2.75, 3.05) is 31.1 Å². The van der Waals surface area contributed by atoms with Crippen LogP contribution in [0.1, 0.15) is 11.1 Å². The molecule has 1 aliphatic heterocycles. The zero-order valence-corrected chi connectivity index (χ0v) is 13.8. The van der Waals surface area contributed by atoms with Crippen LogP contribution in [-0.4, -0.2) is 31.1 Å². The molecule has 128 valence electrons. The number of nitrogens with zero attached hydrogens (tertiary/aromatic N) is 2. The van der Waals surface area contributed by atoms with Gasteiger partial charge in [-0.1, -0.05) is 23.7 Å². The Bertz CT molecular complexity index is 677. The first-order chi connectivity index (χ1) is 11.4. The van der Waals surface area contributed by atoms with E-state index in [2.05, 4.69) is 9.80 Å². The van der Waals surface area contributed by atoms with Gasteiger partial charge in [-0.2, -0.15) is 13.2 Å². The number of benzene rings is 2. The van der Waals surface area contributed by atoms with Crippen LogP contribution in [0, 0.1) is 0 Å². The van der Waals surface area contributed by atoms with E-state index in [4.69, 9.17) is 11.6 Å². The fourth-order valence-electron chi connectivity index (χ4n) is 2.92. The molecule has 2 aromatic rings. The third-order valence-corrected chi connectivity index (χ3v) is 4.46. The molecule has 0 amide bonds. The molecule has 2 nitrogen and oxygen atoms in total. The van der Waals surface area contributed by atoms with E-state index in [1.54, 1.807) is 12.1 Å². The maximum absolute atomic E-state index is 12.6. The Labute approximate surface area is 144 Å². The second-order valence-electron chi connectivity index (χ2n) is 5.94. The van der Waals surface area contributed by atoms with Gasteiger partial charge in [0.05, 0.1) is 5.56 Å². The van der Waals surface area contributed by atoms with Crippen LogP contribution in [0.3, 0.4) is 0 Å². The van der Waals surface area contributed by atoms with Gasteiger partial charge in [-0.15, -0.1) is 0 Å². The Balaban J connectivity index is 1.57. The number of rotatable bonds is 3. The maximum Gasteiger partial charge on any atom is 0.416 e. The summed E-state index contributed by atoms with van der Waals surface area (Å²) in [5.41, 5.74) is 1.40. The number of piperazine rings is 1. The molecule has 3 rings (SSSR count). The van der Waals surface area contributed by atoms with Gasteiger partial charge < -0.3 is 4.90 Å². The number of hydrogen-bond acceptors (Lipinski definition) is 2. The highest BCUT2D eigenvalue weighted by atomic mass is 35.5. The Kier molecular flexibility index (Phi) is 5.01. The van der Waals surface area contributed by atoms with Gasteiger partial charge in [-0.05, 0) is 42.0 Å². The third-order valence-electron chi connectivity index (χ3n) is 4.23. The van der Waals surface area contributed by atoms with Crippen LogP contribution >= 0.6 is 11.6 Å². The summed E-state index contributed by atoms with van der Waals surface area (Å²) in [6.45, 7) is 4.17. The molecule has 1 saturated heterocycles. The topological polar surface area (TPSA) is 6.48 Å². The van der Waals surface area contributed by atoms with Crippen molar-refractivity contribution in [3.8, 4) is 0 Å². The fraction of sp³-hybridized carbons (Fsp3) is 0.333. The minimum atomic E-state index is -4.28. The molecule has 1 heterocycles. The monoisotopic (exact) mass is 354 g/mol. The van der Waals surface area contributed by atoms with Gasteiger partial charge in [-0.3, -0.25) is 4.90 Å². The van der Waals surface area contributed by atoms with Crippen LogP contribution in [0.25, 0.3) is 0 Å². The van der Waals surface area contributed by atoms with Gasteiger partial charge in [0.25, 0.3) is 0 Å². The highest BCUT2D eigenvalue weighted by molar-refractivity contribution is 6.30. The van der Waals surface area contributed by atoms with Gasteiger partial charge >= 0.3 is 6.18 Å². The smallest absolute Gasteiger partial charge is 0.369 e. The summed E-state index contributed by atoms with van der Waals surface area (Å²) < 4.78 is 37.9. The lowest BCUT2D eigenvalue weighted by Crippen LogP contribution is -2.45. The van der Waals surface area contributed by atoms with Crippen molar-refractivity contribution in [3.63, 3.8) is 0 Å². The molecule has 0 N–H and O–H groups in total. The van der Waals surface area contributed by atoms with Crippen molar-refractivity contribution in [2.24, 2.45) is 0 Å². The maximum atomic E-state index is 12.6. The first-order valence-electron chi connectivity index (χ1n) is 7.81. The standard InChI is InChI=1S/C18H18ClF3N2/c19-16-3-1-2-14(12-16)13-23-8-10-24(11-9-23)17-6-4-15(5-7-17)18(20,21)22/h1-7,12H,8-11,13H2. The molecule has 6 heteroatoms. The Morgan fingerprint density at radius 1 is 0.917 bits per heavy atom. The predicted octanol–water partition coefficient (Wildman–Crippen LogP) is 4.68. The lowest BCUT2D eigenvalue weighted by Gasteiger charge is -2.36. The summed E-state index contributed by atoms with van der Waals surface area (Å²) in [5.74, 6) is 0. The third kappa shape index (κ3) is 4.22. The van der Waals surface area contributed by atoms with Crippen molar-refractivity contribution in [3.05, 3.63) is 64.7 Å². The van der Waals surface area contributed by atoms with Crippen molar-refractivity contribution >= 4 is 17.3 Å². The Hall–Kier alpha value is -1.72. The highest BCUT2D eigenvalue weighted by Gasteiger charge is 2.30. The van der Waals surface area contributed by atoms with E-state index in [1.165, 1.54) is 5.56 Å². The van der Waals surface area contributed by atoms with Crippen LogP contribution in [0.5, 0.6) is 0 Å². The van der Waals surface area contributed by atoms with E-state index in [0.29, 0.717) is 0 Å². The van der Waals surface area contributed by atoms with E-state index in [-0.39, 0.29) is 0 Å². The normalized spacial score (nSPS) is 16.4. The molecule has 1 aliphatic rings. The minimum absolute atomic E-state index is 0.606. The molecule has 1 fully saturated rings. The summed E-state index contributed by atoms with van der Waals surface area (Å²) >= 11 is 6.00. The first-order valence-corrected chi connectivity index (χ1v) is 8.18. The highest BCUT2D eigenvalue weighted by Crippen LogP contribution is 2.30. The minimum Gasteiger partial charge on any atom is -0.369 e. The number of halogens is 4. The first kappa shape index (κ1) is 17.1. The molecule has 0 spiro atoms. The SMILES string of the molecule is FC(F)(F)c1ccc(N2CCN(Cc3cccc(Cl)c3)CC2)cc1. The predicted molar refractivity (Wildman–Crippen MR) is 90.4 cm³/mol. The molecular weight excluding hydrogens is 337 g/mol. The molecule has 24 heavy (non-hydrogen) atoms. The van der Waals surface area contributed by atoms with Gasteiger partial charge in [0.15, 0.2) is 0 Å². The average Bonchev–Trinajstić information content (AvgIpc) is 2.55. The van der Waals surface area contributed by atoms with Crippen LogP contribution in [0.2, 0.25) is 5.02 Å². The summed E-state index contributed by atoms with van der Waals surface area (Å²) in [5, 5.41) is 0.732. The van der Waals surface area contributed by atoms with E-state index >= 15 is 0 Å². The molecule has 0 atom stereocenters. The van der Waals surface area contributed by atoms with E-state index in [9.17, 15) is 13.2 Å². The Morgan fingerprint density at radius 2 is 1.58 bits per heavy atom. The van der Waals surface area contributed by atoms with Crippen molar-refractivity contribution in [2.45, 2.75) is 12.7 Å². The average molecular weight is 355 g/mol. The summed E-state index contributed by atoms with van der Waals surface area (Å²) in [7, 11) is 0. The zero-order chi connectivity index (χ0) is 17.2. The molecule has 0 aromatic heterocycles. The van der Waals surface area contributed by atoms with E-state index in [0.717, 1.165) is 55.6 Å². The van der Waals surface area contributed by atoms with Crippen LogP contribution < -0.4 is 4.90 Å². The van der Waals surface area contributed by atoms with Gasteiger partial charge in [0.1, 0.15) is 0 Å². The number of alkyl halides is 3. The van der Waals surface area contributed by atoms with Crippen molar-refractivity contribution < 1.29 is 13.2 Å². The second-order valence-corrected chi connectivity index (χ2v) is 6.37. The van der Waals surface area contributed by atoms with Crippen LogP contribution in [0.4, 0.5) is 18.9 Å².